The number of aromatic nitrogens is 2. The lowest BCUT2D eigenvalue weighted by Gasteiger charge is -2.19. The third-order valence-electron chi connectivity index (χ3n) is 1.70. The first kappa shape index (κ1) is 7.94. The molecule has 1 aliphatic heterocycles. The number of hydrogen-bond donors (Lipinski definition) is 2. The SMILES string of the molecule is Oc1cnc(C2CSCCO2)[nH]1. The van der Waals surface area contributed by atoms with Gasteiger partial charge in [0.05, 0.1) is 12.8 Å². The van der Waals surface area contributed by atoms with Crippen LogP contribution in [0.4, 0.5) is 0 Å². The first-order chi connectivity index (χ1) is 5.86. The number of nitrogens with one attached hydrogen (secondary N) is 1. The van der Waals surface area contributed by atoms with Crippen LogP contribution in [0, 0.1) is 0 Å². The standard InChI is InChI=1S/C7H10N2O2S/c10-6-3-8-7(9-6)5-4-12-2-1-11-5/h3,5,10H,1-2,4H2,(H,8,9). The zero-order valence-corrected chi connectivity index (χ0v) is 7.30. The number of nitrogens with zero attached hydrogens (tertiary/aromatic N) is 1. The second kappa shape index (κ2) is 3.37. The highest BCUT2D eigenvalue weighted by atomic mass is 32.2. The summed E-state index contributed by atoms with van der Waals surface area (Å²) in [6, 6.07) is 0. The monoisotopic (exact) mass is 186 g/mol. The van der Waals surface area contributed by atoms with Crippen LogP contribution in [0.5, 0.6) is 5.88 Å². The fourth-order valence-electron chi connectivity index (χ4n) is 1.14. The molecule has 1 aliphatic rings. The molecule has 5 heteroatoms. The van der Waals surface area contributed by atoms with Gasteiger partial charge in [-0.3, -0.25) is 0 Å². The van der Waals surface area contributed by atoms with Gasteiger partial charge in [-0.05, 0) is 0 Å². The molecular weight excluding hydrogens is 176 g/mol. The minimum Gasteiger partial charge on any atom is -0.493 e. The van der Waals surface area contributed by atoms with Crippen LogP contribution in [0.3, 0.4) is 0 Å². The van der Waals surface area contributed by atoms with E-state index in [4.69, 9.17) is 9.84 Å². The molecule has 0 bridgehead atoms. The van der Waals surface area contributed by atoms with Gasteiger partial charge in [0.25, 0.3) is 0 Å². The van der Waals surface area contributed by atoms with E-state index >= 15 is 0 Å². The van der Waals surface area contributed by atoms with Crippen molar-refractivity contribution >= 4 is 11.8 Å². The van der Waals surface area contributed by atoms with Crippen molar-refractivity contribution in [3.05, 3.63) is 12.0 Å². The van der Waals surface area contributed by atoms with Crippen molar-refractivity contribution in [1.29, 1.82) is 0 Å². The number of aromatic hydroxyl groups is 1. The molecular formula is C7H10N2O2S. The maximum Gasteiger partial charge on any atom is 0.208 e. The van der Waals surface area contributed by atoms with Crippen molar-refractivity contribution in [2.24, 2.45) is 0 Å². The van der Waals surface area contributed by atoms with Crippen LogP contribution in [0.15, 0.2) is 6.20 Å². The Morgan fingerprint density at radius 1 is 1.75 bits per heavy atom. The van der Waals surface area contributed by atoms with E-state index < -0.39 is 0 Å². The van der Waals surface area contributed by atoms with Crippen LogP contribution in [0.1, 0.15) is 11.9 Å². The molecule has 1 atom stereocenters. The van der Waals surface area contributed by atoms with E-state index in [1.54, 1.807) is 0 Å². The molecule has 66 valence electrons. The number of thioether (sulfide) groups is 1. The summed E-state index contributed by atoms with van der Waals surface area (Å²) in [4.78, 5) is 6.75. The summed E-state index contributed by atoms with van der Waals surface area (Å²) in [6.45, 7) is 0.761. The quantitative estimate of drug-likeness (QED) is 0.684. The van der Waals surface area contributed by atoms with E-state index in [1.165, 1.54) is 6.20 Å². The Morgan fingerprint density at radius 2 is 2.67 bits per heavy atom. The van der Waals surface area contributed by atoms with Gasteiger partial charge < -0.3 is 14.8 Å². The Morgan fingerprint density at radius 3 is 3.25 bits per heavy atom. The summed E-state index contributed by atoms with van der Waals surface area (Å²) in [5, 5.41) is 9.00. The van der Waals surface area contributed by atoms with Crippen LogP contribution in [0.2, 0.25) is 0 Å². The molecule has 0 aliphatic carbocycles. The van der Waals surface area contributed by atoms with Crippen molar-refractivity contribution in [3.63, 3.8) is 0 Å². The minimum atomic E-state index is 0.0182. The van der Waals surface area contributed by atoms with Crippen LogP contribution >= 0.6 is 11.8 Å². The summed E-state index contributed by atoms with van der Waals surface area (Å²) in [5.74, 6) is 2.78. The Hall–Kier alpha value is -0.680. The van der Waals surface area contributed by atoms with Gasteiger partial charge >= 0.3 is 0 Å². The summed E-state index contributed by atoms with van der Waals surface area (Å²) >= 11 is 1.84. The van der Waals surface area contributed by atoms with Gasteiger partial charge in [0.15, 0.2) is 0 Å². The number of H-pyrrole nitrogens is 1. The van der Waals surface area contributed by atoms with Crippen LogP contribution < -0.4 is 0 Å². The number of imidazole rings is 1. The predicted octanol–water partition coefficient (Wildman–Crippen LogP) is 0.920. The molecule has 0 aromatic carbocycles. The van der Waals surface area contributed by atoms with Gasteiger partial charge in [-0.25, -0.2) is 4.98 Å². The summed E-state index contributed by atoms with van der Waals surface area (Å²) in [5.41, 5.74) is 0. The van der Waals surface area contributed by atoms with Gasteiger partial charge in [0, 0.05) is 11.5 Å². The second-order valence-corrected chi connectivity index (χ2v) is 3.74. The van der Waals surface area contributed by atoms with Crippen LogP contribution in [-0.2, 0) is 4.74 Å². The third-order valence-corrected chi connectivity index (χ3v) is 2.70. The summed E-state index contributed by atoms with van der Waals surface area (Å²) in [6.07, 6.45) is 1.42. The molecule has 0 radical (unpaired) electrons. The van der Waals surface area contributed by atoms with E-state index in [9.17, 15) is 0 Å². The van der Waals surface area contributed by atoms with E-state index in [1.807, 2.05) is 11.8 Å². The zero-order chi connectivity index (χ0) is 8.39. The summed E-state index contributed by atoms with van der Waals surface area (Å²) < 4.78 is 5.45. The maximum absolute atomic E-state index is 9.00. The molecule has 2 rings (SSSR count). The fraction of sp³-hybridized carbons (Fsp3) is 0.571. The van der Waals surface area contributed by atoms with Crippen molar-refractivity contribution in [1.82, 2.24) is 9.97 Å². The first-order valence-electron chi connectivity index (χ1n) is 3.79. The average Bonchev–Trinajstić information content (AvgIpc) is 2.54. The number of rotatable bonds is 1. The lowest BCUT2D eigenvalue weighted by atomic mass is 10.4. The lowest BCUT2D eigenvalue weighted by molar-refractivity contribution is 0.0698. The average molecular weight is 186 g/mol. The van der Waals surface area contributed by atoms with Gasteiger partial charge in [-0.1, -0.05) is 0 Å². The van der Waals surface area contributed by atoms with Crippen molar-refractivity contribution in [3.8, 4) is 5.88 Å². The highest BCUT2D eigenvalue weighted by Gasteiger charge is 2.18. The van der Waals surface area contributed by atoms with E-state index in [2.05, 4.69) is 9.97 Å². The Balaban J connectivity index is 2.08. The highest BCUT2D eigenvalue weighted by Crippen LogP contribution is 2.24. The molecule has 1 unspecified atom stereocenters. The first-order valence-corrected chi connectivity index (χ1v) is 4.95. The van der Waals surface area contributed by atoms with E-state index in [0.717, 1.165) is 23.9 Å². The Labute approximate surface area is 74.3 Å². The fourth-order valence-corrected chi connectivity index (χ4v) is 1.98. The topological polar surface area (TPSA) is 58.1 Å². The number of ether oxygens (including phenoxy) is 1. The normalized spacial score (nSPS) is 24.2. The van der Waals surface area contributed by atoms with Gasteiger partial charge in [-0.2, -0.15) is 11.8 Å². The van der Waals surface area contributed by atoms with E-state index in [0.29, 0.717) is 0 Å². The second-order valence-electron chi connectivity index (χ2n) is 2.59. The molecule has 0 amide bonds. The molecule has 1 aromatic rings. The molecule has 1 fully saturated rings. The molecule has 4 nitrogen and oxygen atoms in total. The van der Waals surface area contributed by atoms with Crippen molar-refractivity contribution in [2.45, 2.75) is 6.10 Å². The van der Waals surface area contributed by atoms with Gasteiger partial charge in [-0.15, -0.1) is 0 Å². The summed E-state index contributed by atoms with van der Waals surface area (Å²) in [7, 11) is 0. The molecule has 1 saturated heterocycles. The molecule has 2 N–H and O–H groups in total. The van der Waals surface area contributed by atoms with Crippen LogP contribution in [0.25, 0.3) is 0 Å². The Kier molecular flexibility index (Phi) is 2.23. The maximum atomic E-state index is 9.00. The predicted molar refractivity (Wildman–Crippen MR) is 46.3 cm³/mol. The minimum absolute atomic E-state index is 0.0182. The van der Waals surface area contributed by atoms with Crippen molar-refractivity contribution < 1.29 is 9.84 Å². The zero-order valence-electron chi connectivity index (χ0n) is 6.49. The molecule has 1 aromatic heterocycles. The van der Waals surface area contributed by atoms with Crippen molar-refractivity contribution in [2.75, 3.05) is 18.1 Å². The molecule has 0 spiro atoms. The van der Waals surface area contributed by atoms with Gasteiger partial charge in [0.1, 0.15) is 11.9 Å². The third kappa shape index (κ3) is 1.56. The molecule has 2 heterocycles. The Bertz CT molecular complexity index is 258. The largest absolute Gasteiger partial charge is 0.493 e. The highest BCUT2D eigenvalue weighted by molar-refractivity contribution is 7.99. The van der Waals surface area contributed by atoms with E-state index in [-0.39, 0.29) is 12.0 Å². The lowest BCUT2D eigenvalue weighted by Crippen LogP contribution is -2.16. The number of aromatic amines is 1. The van der Waals surface area contributed by atoms with Crippen LogP contribution in [-0.4, -0.2) is 33.2 Å². The smallest absolute Gasteiger partial charge is 0.208 e. The molecule has 12 heavy (non-hydrogen) atoms. The number of hydrogen-bond acceptors (Lipinski definition) is 4. The molecule has 0 saturated carbocycles. The van der Waals surface area contributed by atoms with Gasteiger partial charge in [0.2, 0.25) is 5.88 Å².